The van der Waals surface area contributed by atoms with Gasteiger partial charge in [-0.1, -0.05) is 30.3 Å². The molecule has 1 aromatic heterocycles. The largest absolute Gasteiger partial charge is 0.636 e. The smallest absolute Gasteiger partial charge is 0.498 e. The summed E-state index contributed by atoms with van der Waals surface area (Å²) in [5.41, 5.74) is 0.902. The van der Waals surface area contributed by atoms with Crippen LogP contribution in [-0.4, -0.2) is 20.1 Å². The Morgan fingerprint density at radius 2 is 1.64 bits per heavy atom. The second kappa shape index (κ2) is 9.40. The third-order valence-electron chi connectivity index (χ3n) is 2.32. The van der Waals surface area contributed by atoms with Gasteiger partial charge in [-0.25, -0.2) is 0 Å². The van der Waals surface area contributed by atoms with Crippen LogP contribution in [0.4, 0.5) is 0 Å². The number of carbonyl (C=O) groups is 2. The van der Waals surface area contributed by atoms with Crippen LogP contribution < -0.4 is 5.46 Å². The first-order chi connectivity index (χ1) is 10.8. The topological polar surface area (TPSA) is 113 Å². The average Bonchev–Trinajstić information content (AvgIpc) is 3.04. The third-order valence-corrected chi connectivity index (χ3v) is 2.32. The zero-order valence-corrected chi connectivity index (χ0v) is 11.2. The molecule has 0 bridgehead atoms. The van der Waals surface area contributed by atoms with E-state index >= 15 is 0 Å². The first kappa shape index (κ1) is 16.5. The van der Waals surface area contributed by atoms with Gasteiger partial charge in [0.2, 0.25) is 5.76 Å². The highest BCUT2D eigenvalue weighted by molar-refractivity contribution is 6.63. The lowest BCUT2D eigenvalue weighted by molar-refractivity contribution is -0.125. The molecule has 1 heterocycles. The molecule has 2 rings (SSSR count). The molecule has 0 spiro atoms. The van der Waals surface area contributed by atoms with Crippen molar-refractivity contribution in [3.05, 3.63) is 54.0 Å². The SMILES string of the molecule is N#Cc1ccoc1C#N.O=COB(OC=O)c1ccccc1. The molecule has 0 atom stereocenters. The first-order valence-electron chi connectivity index (χ1n) is 5.87. The molecule has 0 saturated carbocycles. The van der Waals surface area contributed by atoms with Gasteiger partial charge in [0.25, 0.3) is 12.9 Å². The van der Waals surface area contributed by atoms with Gasteiger partial charge < -0.3 is 13.7 Å². The van der Waals surface area contributed by atoms with Gasteiger partial charge in [0, 0.05) is 5.46 Å². The molecule has 0 aliphatic carbocycles. The minimum Gasteiger partial charge on any atom is -0.498 e. The summed E-state index contributed by atoms with van der Waals surface area (Å²) in [7, 11) is -0.948. The second-order valence-electron chi connectivity index (χ2n) is 3.59. The van der Waals surface area contributed by atoms with Gasteiger partial charge >= 0.3 is 7.12 Å². The normalized spacial score (nSPS) is 8.27. The lowest BCUT2D eigenvalue weighted by Gasteiger charge is -2.06. The Kier molecular flexibility index (Phi) is 7.07. The van der Waals surface area contributed by atoms with E-state index in [4.69, 9.17) is 10.5 Å². The van der Waals surface area contributed by atoms with Crippen molar-refractivity contribution in [2.24, 2.45) is 0 Å². The van der Waals surface area contributed by atoms with Gasteiger partial charge in [0.1, 0.15) is 17.7 Å². The summed E-state index contributed by atoms with van der Waals surface area (Å²) < 4.78 is 13.7. The number of hydrogen-bond acceptors (Lipinski definition) is 7. The lowest BCUT2D eigenvalue weighted by Crippen LogP contribution is -2.36. The van der Waals surface area contributed by atoms with Crippen LogP contribution in [0.3, 0.4) is 0 Å². The number of rotatable bonds is 5. The maximum atomic E-state index is 10.0. The Morgan fingerprint density at radius 1 is 1.00 bits per heavy atom. The van der Waals surface area contributed by atoms with Crippen LogP contribution in [-0.2, 0) is 18.9 Å². The number of benzene rings is 1. The van der Waals surface area contributed by atoms with Crippen molar-refractivity contribution in [3.8, 4) is 12.1 Å². The quantitative estimate of drug-likeness (QED) is 0.590. The Bertz CT molecular complexity index is 649. The van der Waals surface area contributed by atoms with E-state index in [0.717, 1.165) is 0 Å². The van der Waals surface area contributed by atoms with Crippen LogP contribution in [0.25, 0.3) is 0 Å². The highest BCUT2D eigenvalue weighted by Gasteiger charge is 2.23. The second-order valence-corrected chi connectivity index (χ2v) is 3.59. The number of furan rings is 1. The molecule has 0 radical (unpaired) electrons. The maximum Gasteiger partial charge on any atom is 0.636 e. The first-order valence-corrected chi connectivity index (χ1v) is 5.87. The highest BCUT2D eigenvalue weighted by Crippen LogP contribution is 2.05. The van der Waals surface area contributed by atoms with E-state index in [1.807, 2.05) is 12.1 Å². The predicted octanol–water partition coefficient (Wildman–Crippen LogP) is 0.751. The number of hydrogen-bond donors (Lipinski definition) is 0. The molecule has 0 fully saturated rings. The summed E-state index contributed by atoms with van der Waals surface area (Å²) in [6.45, 7) is 0.475. The van der Waals surface area contributed by atoms with E-state index in [2.05, 4.69) is 13.7 Å². The van der Waals surface area contributed by atoms with Crippen molar-refractivity contribution in [2.45, 2.75) is 0 Å². The molecule has 0 N–H and O–H groups in total. The number of carbonyl (C=O) groups excluding carboxylic acids is 2. The molecule has 22 heavy (non-hydrogen) atoms. The molecule has 2 aromatic rings. The molecule has 0 unspecified atom stereocenters. The Balaban J connectivity index is 0.000000235. The third kappa shape index (κ3) is 4.87. The minimum atomic E-state index is -0.948. The van der Waals surface area contributed by atoms with E-state index in [1.54, 1.807) is 30.3 Å². The van der Waals surface area contributed by atoms with Crippen LogP contribution in [0.2, 0.25) is 0 Å². The van der Waals surface area contributed by atoms with Crippen molar-refractivity contribution in [1.82, 2.24) is 0 Å². The van der Waals surface area contributed by atoms with Gasteiger partial charge in [-0.2, -0.15) is 10.5 Å². The van der Waals surface area contributed by atoms with E-state index < -0.39 is 7.12 Å². The van der Waals surface area contributed by atoms with Crippen molar-refractivity contribution in [3.63, 3.8) is 0 Å². The standard InChI is InChI=1S/C8H7BO4.C6H2N2O/c10-6-12-9(13-7-11)8-4-2-1-3-5-8;7-3-5-1-2-9-6(5)4-8/h1-7H;1-2H. The Hall–Kier alpha value is -3.52. The van der Waals surface area contributed by atoms with Gasteiger partial charge in [0.15, 0.2) is 0 Å². The molecule has 0 aliphatic rings. The molecular formula is C14H9BN2O5. The molecule has 108 valence electrons. The molecular weight excluding hydrogens is 287 g/mol. The average molecular weight is 296 g/mol. The van der Waals surface area contributed by atoms with Gasteiger partial charge in [-0.05, 0) is 6.07 Å². The fourth-order valence-corrected chi connectivity index (χ4v) is 1.38. The van der Waals surface area contributed by atoms with E-state index in [0.29, 0.717) is 5.46 Å². The molecule has 1 aromatic carbocycles. The summed E-state index contributed by atoms with van der Waals surface area (Å²) in [5.74, 6) is 0.0810. The van der Waals surface area contributed by atoms with E-state index in [-0.39, 0.29) is 24.3 Å². The summed E-state index contributed by atoms with van der Waals surface area (Å²) in [6.07, 6.45) is 1.32. The van der Waals surface area contributed by atoms with Gasteiger partial charge in [-0.15, -0.1) is 0 Å². The fourth-order valence-electron chi connectivity index (χ4n) is 1.38. The van der Waals surface area contributed by atoms with Crippen LogP contribution in [0, 0.1) is 22.7 Å². The van der Waals surface area contributed by atoms with Crippen molar-refractivity contribution < 1.29 is 23.3 Å². The molecule has 0 saturated heterocycles. The Labute approximate surface area is 126 Å². The number of nitriles is 2. The van der Waals surface area contributed by atoms with E-state index in [1.165, 1.54) is 12.3 Å². The summed E-state index contributed by atoms with van der Waals surface area (Å²) in [5, 5.41) is 16.5. The summed E-state index contributed by atoms with van der Waals surface area (Å²) in [4.78, 5) is 20.1. The van der Waals surface area contributed by atoms with E-state index in [9.17, 15) is 9.59 Å². The molecule has 0 aliphatic heterocycles. The molecule has 7 nitrogen and oxygen atoms in total. The summed E-state index contributed by atoms with van der Waals surface area (Å²) in [6, 6.07) is 13.7. The van der Waals surface area contributed by atoms with Crippen LogP contribution >= 0.6 is 0 Å². The lowest BCUT2D eigenvalue weighted by atomic mass is 9.79. The van der Waals surface area contributed by atoms with Gasteiger partial charge in [-0.3, -0.25) is 9.59 Å². The van der Waals surface area contributed by atoms with Gasteiger partial charge in [0.05, 0.1) is 6.26 Å². The van der Waals surface area contributed by atoms with Crippen LogP contribution in [0.5, 0.6) is 0 Å². The monoisotopic (exact) mass is 296 g/mol. The van der Waals surface area contributed by atoms with Crippen LogP contribution in [0.15, 0.2) is 47.1 Å². The summed E-state index contributed by atoms with van der Waals surface area (Å²) >= 11 is 0. The number of nitrogens with zero attached hydrogens (tertiary/aromatic N) is 2. The fraction of sp³-hybridized carbons (Fsp3) is 0. The molecule has 0 amide bonds. The Morgan fingerprint density at radius 3 is 2.09 bits per heavy atom. The zero-order chi connectivity index (χ0) is 16.2. The van der Waals surface area contributed by atoms with Crippen LogP contribution in [0.1, 0.15) is 11.3 Å². The predicted molar refractivity (Wildman–Crippen MR) is 74.3 cm³/mol. The van der Waals surface area contributed by atoms with Crippen molar-refractivity contribution >= 4 is 25.5 Å². The zero-order valence-electron chi connectivity index (χ0n) is 11.2. The van der Waals surface area contributed by atoms with Crippen molar-refractivity contribution in [2.75, 3.05) is 0 Å². The highest BCUT2D eigenvalue weighted by atomic mass is 16.6. The molecule has 8 heteroatoms. The maximum absolute atomic E-state index is 10.0. The minimum absolute atomic E-state index is 0.0810. The van der Waals surface area contributed by atoms with Crippen molar-refractivity contribution in [1.29, 1.82) is 10.5 Å².